The zero-order chi connectivity index (χ0) is 29.2. The normalized spacial score (nSPS) is 22.6. The Morgan fingerprint density at radius 3 is 1.19 bits per heavy atom. The molecule has 2 saturated carbocycles. The van der Waals surface area contributed by atoms with Gasteiger partial charge < -0.3 is 9.47 Å². The molecule has 2 aromatic rings. The third-order valence-corrected chi connectivity index (χ3v) is 10.4. The number of hydrogen-bond donors (Lipinski definition) is 0. The van der Waals surface area contributed by atoms with Crippen LogP contribution >= 0.6 is 0 Å². The molecule has 0 radical (unpaired) electrons. The summed E-state index contributed by atoms with van der Waals surface area (Å²) in [5.41, 5.74) is 3.04. The fourth-order valence-electron chi connectivity index (χ4n) is 7.55. The van der Waals surface area contributed by atoms with E-state index >= 15 is 0 Å². The lowest BCUT2D eigenvalue weighted by atomic mass is 9.77. The molecule has 2 heteroatoms. The van der Waals surface area contributed by atoms with Gasteiger partial charge in [-0.25, -0.2) is 0 Å². The van der Waals surface area contributed by atoms with Gasteiger partial charge in [-0.15, -0.1) is 0 Å². The summed E-state index contributed by atoms with van der Waals surface area (Å²) in [6.07, 6.45) is 27.0. The molecule has 2 fully saturated rings. The van der Waals surface area contributed by atoms with E-state index in [2.05, 4.69) is 62.4 Å². The number of benzene rings is 2. The van der Waals surface area contributed by atoms with Gasteiger partial charge in [0.1, 0.15) is 11.5 Å². The van der Waals surface area contributed by atoms with Crippen LogP contribution < -0.4 is 9.47 Å². The highest BCUT2D eigenvalue weighted by Crippen LogP contribution is 2.39. The summed E-state index contributed by atoms with van der Waals surface area (Å²) in [4.78, 5) is 0. The Morgan fingerprint density at radius 2 is 0.833 bits per heavy atom. The first-order chi connectivity index (χ1) is 20.7. The smallest absolute Gasteiger partial charge is 0.119 e. The summed E-state index contributed by atoms with van der Waals surface area (Å²) >= 11 is 0. The first kappa shape index (κ1) is 32.9. The summed E-state index contributed by atoms with van der Waals surface area (Å²) in [7, 11) is 0. The van der Waals surface area contributed by atoms with Crippen LogP contribution in [-0.2, 0) is 0 Å². The van der Waals surface area contributed by atoms with Gasteiger partial charge in [-0.1, -0.05) is 89.5 Å². The van der Waals surface area contributed by atoms with Crippen molar-refractivity contribution in [3.8, 4) is 11.5 Å². The van der Waals surface area contributed by atoms with E-state index in [1.54, 1.807) is 0 Å². The molecular weight excluding hydrogens is 512 g/mol. The van der Waals surface area contributed by atoms with Gasteiger partial charge in [0.15, 0.2) is 0 Å². The molecule has 2 aliphatic carbocycles. The van der Waals surface area contributed by atoms with Gasteiger partial charge in [-0.3, -0.25) is 0 Å². The van der Waals surface area contributed by atoms with Crippen molar-refractivity contribution in [3.05, 3.63) is 59.7 Å². The van der Waals surface area contributed by atoms with E-state index in [0.29, 0.717) is 0 Å². The molecule has 0 aliphatic heterocycles. The molecule has 0 N–H and O–H groups in total. The molecule has 0 aromatic heterocycles. The maximum absolute atomic E-state index is 6.05. The average Bonchev–Trinajstić information content (AvgIpc) is 3.04. The maximum Gasteiger partial charge on any atom is 0.119 e. The number of hydrogen-bond acceptors (Lipinski definition) is 2. The van der Waals surface area contributed by atoms with E-state index in [-0.39, 0.29) is 0 Å². The van der Waals surface area contributed by atoms with Gasteiger partial charge in [-0.2, -0.15) is 0 Å². The third kappa shape index (κ3) is 11.6. The second-order valence-corrected chi connectivity index (χ2v) is 13.7. The fraction of sp³-hybridized carbons (Fsp3) is 0.700. The van der Waals surface area contributed by atoms with Crippen molar-refractivity contribution in [3.63, 3.8) is 0 Å². The highest BCUT2D eigenvalue weighted by atomic mass is 16.5. The Kier molecular flexibility index (Phi) is 15.2. The standard InChI is InChI=1S/C40H62O2/c1-3-5-9-13-33-15-19-35(20-16-33)37-23-27-39(28-24-37)41-31-11-7-8-12-32-42-40-29-25-38(26-30-40)36-21-17-34(18-22-36)14-10-6-4-2/h23-30,33-36H,3-22,31-32H2,1-2H3. The van der Waals surface area contributed by atoms with Crippen molar-refractivity contribution in [1.29, 1.82) is 0 Å². The van der Waals surface area contributed by atoms with E-state index in [9.17, 15) is 0 Å². The van der Waals surface area contributed by atoms with E-state index in [1.165, 1.54) is 127 Å². The van der Waals surface area contributed by atoms with Crippen LogP contribution in [0, 0.1) is 11.8 Å². The summed E-state index contributed by atoms with van der Waals surface area (Å²) < 4.78 is 12.1. The first-order valence-electron chi connectivity index (χ1n) is 18.2. The topological polar surface area (TPSA) is 18.5 Å². The SMILES string of the molecule is CCCCCC1CCC(c2ccc(OCCCCCCOc3ccc(C4CCC(CCCCC)CC4)cc3)cc2)CC1. The Bertz CT molecular complexity index is 853. The highest BCUT2D eigenvalue weighted by Gasteiger charge is 2.23. The summed E-state index contributed by atoms with van der Waals surface area (Å²) in [6.45, 7) is 6.23. The summed E-state index contributed by atoms with van der Waals surface area (Å²) in [6, 6.07) is 18.1. The Balaban J connectivity index is 1.01. The van der Waals surface area contributed by atoms with Crippen molar-refractivity contribution in [2.75, 3.05) is 13.2 Å². The van der Waals surface area contributed by atoms with Crippen LogP contribution in [0.5, 0.6) is 11.5 Å². The summed E-state index contributed by atoms with van der Waals surface area (Å²) in [5, 5.41) is 0. The number of rotatable bonds is 19. The fourth-order valence-corrected chi connectivity index (χ4v) is 7.55. The molecule has 2 aromatic carbocycles. The van der Waals surface area contributed by atoms with Crippen molar-refractivity contribution in [1.82, 2.24) is 0 Å². The molecule has 234 valence electrons. The molecular formula is C40H62O2. The van der Waals surface area contributed by atoms with Gasteiger partial charge in [0, 0.05) is 0 Å². The molecule has 0 unspecified atom stereocenters. The van der Waals surface area contributed by atoms with Crippen molar-refractivity contribution in [2.45, 2.75) is 154 Å². The Morgan fingerprint density at radius 1 is 0.452 bits per heavy atom. The molecule has 0 heterocycles. The molecule has 0 spiro atoms. The molecule has 0 saturated heterocycles. The molecule has 42 heavy (non-hydrogen) atoms. The third-order valence-electron chi connectivity index (χ3n) is 10.4. The maximum atomic E-state index is 6.05. The minimum absolute atomic E-state index is 0.756. The van der Waals surface area contributed by atoms with Crippen molar-refractivity contribution < 1.29 is 9.47 Å². The predicted octanol–water partition coefficient (Wildman–Crippen LogP) is 12.4. The second-order valence-electron chi connectivity index (χ2n) is 13.7. The van der Waals surface area contributed by atoms with Gasteiger partial charge in [0.05, 0.1) is 13.2 Å². The van der Waals surface area contributed by atoms with Crippen LogP contribution in [0.4, 0.5) is 0 Å². The molecule has 2 nitrogen and oxygen atoms in total. The van der Waals surface area contributed by atoms with Crippen LogP contribution in [0.3, 0.4) is 0 Å². The lowest BCUT2D eigenvalue weighted by Gasteiger charge is -2.29. The predicted molar refractivity (Wildman–Crippen MR) is 180 cm³/mol. The molecule has 2 aliphatic rings. The van der Waals surface area contributed by atoms with Crippen LogP contribution in [0.1, 0.15) is 165 Å². The van der Waals surface area contributed by atoms with Gasteiger partial charge in [0.2, 0.25) is 0 Å². The van der Waals surface area contributed by atoms with Crippen LogP contribution in [0.25, 0.3) is 0 Å². The van der Waals surface area contributed by atoms with Gasteiger partial charge in [0.25, 0.3) is 0 Å². The van der Waals surface area contributed by atoms with Crippen LogP contribution in [-0.4, -0.2) is 13.2 Å². The Hall–Kier alpha value is -1.96. The quantitative estimate of drug-likeness (QED) is 0.155. The van der Waals surface area contributed by atoms with Crippen LogP contribution in [0.15, 0.2) is 48.5 Å². The number of ether oxygens (including phenoxy) is 2. The van der Waals surface area contributed by atoms with Crippen molar-refractivity contribution in [2.24, 2.45) is 11.8 Å². The molecule has 4 rings (SSSR count). The lowest BCUT2D eigenvalue weighted by Crippen LogP contribution is -2.13. The number of unbranched alkanes of at least 4 members (excludes halogenated alkanes) is 7. The first-order valence-corrected chi connectivity index (χ1v) is 18.2. The minimum atomic E-state index is 0.756. The largest absolute Gasteiger partial charge is 0.494 e. The minimum Gasteiger partial charge on any atom is -0.494 e. The van der Waals surface area contributed by atoms with E-state index in [0.717, 1.165) is 61.2 Å². The van der Waals surface area contributed by atoms with E-state index in [1.807, 2.05) is 0 Å². The second kappa shape index (κ2) is 19.3. The zero-order valence-corrected chi connectivity index (χ0v) is 27.3. The lowest BCUT2D eigenvalue weighted by molar-refractivity contribution is 0.286. The molecule has 0 atom stereocenters. The Labute approximate surface area is 259 Å². The van der Waals surface area contributed by atoms with Crippen molar-refractivity contribution >= 4 is 0 Å². The molecule has 0 amide bonds. The zero-order valence-electron chi connectivity index (χ0n) is 27.3. The van der Waals surface area contributed by atoms with Gasteiger partial charge in [-0.05, 0) is 136 Å². The van der Waals surface area contributed by atoms with Crippen LogP contribution in [0.2, 0.25) is 0 Å². The van der Waals surface area contributed by atoms with E-state index in [4.69, 9.17) is 9.47 Å². The monoisotopic (exact) mass is 574 g/mol. The van der Waals surface area contributed by atoms with Gasteiger partial charge >= 0.3 is 0 Å². The highest BCUT2D eigenvalue weighted by molar-refractivity contribution is 5.30. The summed E-state index contributed by atoms with van der Waals surface area (Å²) in [5.74, 6) is 5.52. The van der Waals surface area contributed by atoms with E-state index < -0.39 is 0 Å². The average molecular weight is 575 g/mol. The molecule has 0 bridgehead atoms.